The highest BCUT2D eigenvalue weighted by Gasteiger charge is 2.50. The van der Waals surface area contributed by atoms with E-state index in [-0.39, 0.29) is 0 Å². The van der Waals surface area contributed by atoms with E-state index in [0.717, 1.165) is 17.1 Å². The molecule has 1 aliphatic heterocycles. The van der Waals surface area contributed by atoms with Gasteiger partial charge in [0.2, 0.25) is 0 Å². The van der Waals surface area contributed by atoms with E-state index >= 15 is 0 Å². The molecule has 14 rings (SSSR count). The molecule has 0 aromatic heterocycles. The molecule has 1 nitrogen and oxygen atoms in total. The van der Waals surface area contributed by atoms with Crippen molar-refractivity contribution >= 4 is 56.7 Å². The smallest absolute Gasteiger partial charge is 0.180 e. The normalized spacial score (nSPS) is 14.7. The number of hydrogen-bond acceptors (Lipinski definition) is 1. The van der Waals surface area contributed by atoms with Gasteiger partial charge in [-0.3, -0.25) is 0 Å². The van der Waals surface area contributed by atoms with Gasteiger partial charge in [0.25, 0.3) is 0 Å². The summed E-state index contributed by atoms with van der Waals surface area (Å²) in [7, 11) is -2.94. The highest BCUT2D eigenvalue weighted by Crippen LogP contribution is 2.57. The molecule has 2 aliphatic rings. The zero-order valence-electron chi connectivity index (χ0n) is 40.2. The summed E-state index contributed by atoms with van der Waals surface area (Å²) in [6, 6.07) is 111. The summed E-state index contributed by atoms with van der Waals surface area (Å²) >= 11 is 0. The lowest BCUT2D eigenvalue weighted by molar-refractivity contribution is 0.768. The highest BCUT2D eigenvalue weighted by molar-refractivity contribution is 7.22. The predicted molar refractivity (Wildman–Crippen MR) is 309 cm³/mol. The third-order valence-electron chi connectivity index (χ3n) is 15.8. The van der Waals surface area contributed by atoms with Crippen LogP contribution in [0.2, 0.25) is 0 Å². The van der Waals surface area contributed by atoms with Gasteiger partial charge in [0, 0.05) is 17.1 Å². The van der Waals surface area contributed by atoms with Crippen molar-refractivity contribution in [1.29, 1.82) is 0 Å². The maximum Gasteiger partial charge on any atom is 0.180 e. The molecule has 1 heterocycles. The molecule has 0 bridgehead atoms. The summed E-state index contributed by atoms with van der Waals surface area (Å²) in [5, 5.41) is 8.06. The van der Waals surface area contributed by atoms with Gasteiger partial charge in [-0.2, -0.15) is 0 Å². The fourth-order valence-corrected chi connectivity index (χ4v) is 18.0. The zero-order valence-corrected chi connectivity index (χ0v) is 41.2. The molecule has 73 heavy (non-hydrogen) atoms. The Kier molecular flexibility index (Phi) is 10.2. The maximum atomic E-state index is 2.53. The number of nitrogens with zero attached hydrogens (tertiary/aromatic N) is 1. The summed E-state index contributed by atoms with van der Waals surface area (Å²) in [6.07, 6.45) is 0. The number of anilines is 3. The van der Waals surface area contributed by atoms with Gasteiger partial charge in [-0.1, -0.05) is 255 Å². The monoisotopic (exact) mass is 943 g/mol. The van der Waals surface area contributed by atoms with Crippen LogP contribution in [-0.2, 0) is 5.41 Å². The van der Waals surface area contributed by atoms with Crippen LogP contribution in [0.5, 0.6) is 0 Å². The Hall–Kier alpha value is -9.08. The van der Waals surface area contributed by atoms with Crippen LogP contribution in [0.4, 0.5) is 17.1 Å². The summed E-state index contributed by atoms with van der Waals surface area (Å²) in [5.41, 5.74) is 18.0. The molecule has 0 saturated heterocycles. The second-order valence-electron chi connectivity index (χ2n) is 19.5. The van der Waals surface area contributed by atoms with Gasteiger partial charge < -0.3 is 4.90 Å². The lowest BCUT2D eigenvalue weighted by Gasteiger charge is -2.35. The molecular weight excluding hydrogens is 895 g/mol. The molecule has 342 valence electrons. The van der Waals surface area contributed by atoms with Gasteiger partial charge in [-0.15, -0.1) is 0 Å². The average Bonchev–Trinajstić information content (AvgIpc) is 3.95. The van der Waals surface area contributed by atoms with Crippen molar-refractivity contribution in [2.24, 2.45) is 0 Å². The van der Waals surface area contributed by atoms with Crippen LogP contribution in [0.1, 0.15) is 22.3 Å². The van der Waals surface area contributed by atoms with Crippen LogP contribution in [0.3, 0.4) is 0 Å². The minimum atomic E-state index is -2.94. The second-order valence-corrected chi connectivity index (χ2v) is 23.2. The molecule has 0 N–H and O–H groups in total. The lowest BCUT2D eigenvalue weighted by Crippen LogP contribution is -2.72. The van der Waals surface area contributed by atoms with Gasteiger partial charge in [-0.25, -0.2) is 0 Å². The fourth-order valence-electron chi connectivity index (χ4n) is 12.7. The first kappa shape index (κ1) is 42.8. The fraction of sp³-hybridized carbons (Fsp3) is 0.0141. The van der Waals surface area contributed by atoms with Gasteiger partial charge in [0.15, 0.2) is 8.07 Å². The molecule has 0 radical (unpaired) electrons. The number of rotatable bonds is 9. The first-order valence-corrected chi connectivity index (χ1v) is 27.4. The third kappa shape index (κ3) is 6.61. The molecule has 0 fully saturated rings. The van der Waals surface area contributed by atoms with E-state index < -0.39 is 13.5 Å². The topological polar surface area (TPSA) is 3.24 Å². The first-order chi connectivity index (χ1) is 36.2. The molecule has 0 amide bonds. The lowest BCUT2D eigenvalue weighted by atomic mass is 9.67. The minimum Gasteiger partial charge on any atom is -0.310 e. The van der Waals surface area contributed by atoms with Crippen LogP contribution >= 0.6 is 0 Å². The SMILES string of the molecule is c1ccc(-c2cccc3c2-c2ccccc2[Si]3(c2ccccc2)c2cccc(N(c3ccc(-c4ccc5ccccc5c4)cc3)c3ccc4c(c3)C(c3ccccc3)(c3ccccc3)c3ccccc3-4)c2)cc1. The Labute approximate surface area is 428 Å². The molecule has 12 aromatic carbocycles. The predicted octanol–water partition coefficient (Wildman–Crippen LogP) is 15.4. The number of benzene rings is 12. The van der Waals surface area contributed by atoms with Gasteiger partial charge >= 0.3 is 0 Å². The Bertz CT molecular complexity index is 3980. The Morgan fingerprint density at radius 1 is 0.274 bits per heavy atom. The van der Waals surface area contributed by atoms with E-state index in [4.69, 9.17) is 0 Å². The van der Waals surface area contributed by atoms with Crippen molar-refractivity contribution in [3.05, 3.63) is 320 Å². The van der Waals surface area contributed by atoms with Gasteiger partial charge in [-0.05, 0) is 141 Å². The first-order valence-electron chi connectivity index (χ1n) is 25.4. The van der Waals surface area contributed by atoms with Crippen LogP contribution in [0.25, 0.3) is 55.3 Å². The molecule has 1 atom stereocenters. The van der Waals surface area contributed by atoms with E-state index in [1.54, 1.807) is 0 Å². The van der Waals surface area contributed by atoms with Crippen molar-refractivity contribution in [3.8, 4) is 44.5 Å². The zero-order chi connectivity index (χ0) is 48.3. The van der Waals surface area contributed by atoms with Crippen LogP contribution in [0.15, 0.2) is 297 Å². The molecule has 1 unspecified atom stereocenters. The van der Waals surface area contributed by atoms with E-state index in [9.17, 15) is 0 Å². The molecule has 2 heteroatoms. The quantitative estimate of drug-likeness (QED) is 0.130. The third-order valence-corrected chi connectivity index (χ3v) is 20.7. The van der Waals surface area contributed by atoms with E-state index in [1.807, 2.05) is 0 Å². The molecule has 1 aliphatic carbocycles. The van der Waals surface area contributed by atoms with E-state index in [0.29, 0.717) is 0 Å². The molecule has 0 saturated carbocycles. The molecule has 0 spiro atoms. The number of fused-ring (bicyclic) bond motifs is 7. The van der Waals surface area contributed by atoms with Crippen molar-refractivity contribution in [2.45, 2.75) is 5.41 Å². The summed E-state index contributed by atoms with van der Waals surface area (Å²) in [5.74, 6) is 0. The summed E-state index contributed by atoms with van der Waals surface area (Å²) in [6.45, 7) is 0. The highest BCUT2D eigenvalue weighted by atomic mass is 28.3. The standard InChI is InChI=1S/C71H49NSi/c1-5-22-52(23-6-1)62-35-20-38-69-70(62)65-34-16-18-37-68(65)73(69,60-30-11-4-12-31-60)61-32-19-29-58(48-61)72(57-43-41-51(42-44-57)54-40-39-50-21-13-14-24-53(50)47-54)59-45-46-64-63-33-15-17-36-66(63)71(67(64)49-59,55-25-7-2-8-26-55)56-27-9-3-10-28-56/h1-49H. The van der Waals surface area contributed by atoms with E-state index in [1.165, 1.54) is 98.3 Å². The van der Waals surface area contributed by atoms with Crippen LogP contribution < -0.4 is 25.6 Å². The average molecular weight is 944 g/mol. The van der Waals surface area contributed by atoms with Crippen molar-refractivity contribution in [3.63, 3.8) is 0 Å². The Morgan fingerprint density at radius 3 is 1.56 bits per heavy atom. The van der Waals surface area contributed by atoms with E-state index in [2.05, 4.69) is 302 Å². The largest absolute Gasteiger partial charge is 0.310 e. The minimum absolute atomic E-state index is 0.546. The van der Waals surface area contributed by atoms with Crippen molar-refractivity contribution < 1.29 is 0 Å². The summed E-state index contributed by atoms with van der Waals surface area (Å²) in [4.78, 5) is 2.51. The van der Waals surface area contributed by atoms with Crippen molar-refractivity contribution in [1.82, 2.24) is 0 Å². The van der Waals surface area contributed by atoms with Crippen LogP contribution in [-0.4, -0.2) is 8.07 Å². The number of hydrogen-bond donors (Lipinski definition) is 0. The van der Waals surface area contributed by atoms with Gasteiger partial charge in [0.05, 0.1) is 5.41 Å². The summed E-state index contributed by atoms with van der Waals surface area (Å²) < 4.78 is 0. The van der Waals surface area contributed by atoms with Crippen molar-refractivity contribution in [2.75, 3.05) is 4.90 Å². The molecular formula is C71H49NSi. The molecule has 12 aromatic rings. The Balaban J connectivity index is 1.01. The Morgan fingerprint density at radius 2 is 0.808 bits per heavy atom. The van der Waals surface area contributed by atoms with Crippen LogP contribution in [0, 0.1) is 0 Å². The maximum absolute atomic E-state index is 2.94. The van der Waals surface area contributed by atoms with Gasteiger partial charge in [0.1, 0.15) is 0 Å². The second kappa shape index (κ2) is 17.3.